The summed E-state index contributed by atoms with van der Waals surface area (Å²) in [5, 5.41) is 13.8. The number of phenolic OH excluding ortho intramolecular Hbond substituents is 1. The van der Waals surface area contributed by atoms with Gasteiger partial charge in [-0.05, 0) is 65.5 Å². The number of amides is 1. The molecule has 2 saturated carbocycles. The number of rotatable bonds is 5. The van der Waals surface area contributed by atoms with Crippen LogP contribution in [0.3, 0.4) is 0 Å². The van der Waals surface area contributed by atoms with Crippen LogP contribution in [0, 0.1) is 28.6 Å². The van der Waals surface area contributed by atoms with E-state index in [0.29, 0.717) is 36.5 Å². The third-order valence-electron chi connectivity index (χ3n) is 7.94. The summed E-state index contributed by atoms with van der Waals surface area (Å²) in [6.07, 6.45) is 3.78. The SMILES string of the molecule is COc1ccc([C@H]2OCCC34C[C@@H](C[C@H]23)C(C)(C)[C@@H]4NC(=O)CC(C)C)cc1O. The summed E-state index contributed by atoms with van der Waals surface area (Å²) in [5.74, 6) is 2.09. The molecule has 160 valence electrons. The monoisotopic (exact) mass is 401 g/mol. The van der Waals surface area contributed by atoms with Gasteiger partial charge in [-0.1, -0.05) is 33.8 Å². The van der Waals surface area contributed by atoms with E-state index in [-0.39, 0.29) is 34.6 Å². The number of hydrogen-bond acceptors (Lipinski definition) is 4. The fourth-order valence-corrected chi connectivity index (χ4v) is 6.59. The van der Waals surface area contributed by atoms with Crippen molar-refractivity contribution < 1.29 is 19.4 Å². The van der Waals surface area contributed by atoms with Gasteiger partial charge in [0.15, 0.2) is 11.5 Å². The van der Waals surface area contributed by atoms with Gasteiger partial charge in [-0.25, -0.2) is 0 Å². The molecule has 3 aliphatic rings. The van der Waals surface area contributed by atoms with Gasteiger partial charge in [-0.3, -0.25) is 4.79 Å². The minimum Gasteiger partial charge on any atom is -0.504 e. The Labute approximate surface area is 174 Å². The van der Waals surface area contributed by atoms with Gasteiger partial charge < -0.3 is 19.9 Å². The molecule has 1 unspecified atom stereocenters. The zero-order chi connectivity index (χ0) is 21.0. The molecule has 29 heavy (non-hydrogen) atoms. The molecule has 4 rings (SSSR count). The summed E-state index contributed by atoms with van der Waals surface area (Å²) in [5.41, 5.74) is 1.16. The molecule has 5 atom stereocenters. The first kappa shape index (κ1) is 20.5. The molecule has 0 radical (unpaired) electrons. The number of nitrogens with one attached hydrogen (secondary N) is 1. The smallest absolute Gasteiger partial charge is 0.220 e. The van der Waals surface area contributed by atoms with Crippen molar-refractivity contribution in [2.24, 2.45) is 28.6 Å². The number of hydrogen-bond donors (Lipinski definition) is 2. The van der Waals surface area contributed by atoms with Gasteiger partial charge in [-0.2, -0.15) is 0 Å². The molecule has 0 aromatic heterocycles. The number of aromatic hydroxyl groups is 1. The summed E-state index contributed by atoms with van der Waals surface area (Å²) < 4.78 is 11.5. The highest BCUT2D eigenvalue weighted by Crippen LogP contribution is 2.70. The van der Waals surface area contributed by atoms with E-state index in [1.807, 2.05) is 12.1 Å². The standard InChI is InChI=1S/C24H35NO4/c1-14(2)10-20(27)25-22-23(3,4)16-12-17-21(29-9-8-24(17,22)13-16)15-6-7-19(28-5)18(26)11-15/h6-7,11,14,16-17,21-22,26H,8-10,12-13H2,1-5H3,(H,25,27)/t16-,17-,21-,22+,24?/m1/s1. The van der Waals surface area contributed by atoms with Gasteiger partial charge in [0.1, 0.15) is 0 Å². The molecule has 1 heterocycles. The summed E-state index contributed by atoms with van der Waals surface area (Å²) in [4.78, 5) is 12.7. The highest BCUT2D eigenvalue weighted by molar-refractivity contribution is 5.76. The Morgan fingerprint density at radius 2 is 2.14 bits per heavy atom. The number of fused-ring (bicyclic) bond motifs is 1. The molecule has 5 nitrogen and oxygen atoms in total. The van der Waals surface area contributed by atoms with E-state index in [1.54, 1.807) is 13.2 Å². The number of phenols is 1. The lowest BCUT2D eigenvalue weighted by atomic mass is 9.58. The quantitative estimate of drug-likeness (QED) is 0.765. The average Bonchev–Trinajstić information content (AvgIpc) is 3.13. The normalized spacial score (nSPS) is 34.8. The second-order valence-corrected chi connectivity index (χ2v) is 10.4. The van der Waals surface area contributed by atoms with Crippen LogP contribution in [0.4, 0.5) is 0 Å². The van der Waals surface area contributed by atoms with Crippen molar-refractivity contribution in [1.29, 1.82) is 0 Å². The van der Waals surface area contributed by atoms with Gasteiger partial charge in [0.05, 0.1) is 13.2 Å². The van der Waals surface area contributed by atoms with E-state index in [1.165, 1.54) is 0 Å². The van der Waals surface area contributed by atoms with Crippen molar-refractivity contribution in [3.8, 4) is 11.5 Å². The van der Waals surface area contributed by atoms with E-state index >= 15 is 0 Å². The predicted molar refractivity (Wildman–Crippen MR) is 112 cm³/mol. The molecule has 2 aliphatic carbocycles. The minimum atomic E-state index is -0.0499. The van der Waals surface area contributed by atoms with Crippen LogP contribution in [0.2, 0.25) is 0 Å². The lowest BCUT2D eigenvalue weighted by Gasteiger charge is -2.53. The van der Waals surface area contributed by atoms with Gasteiger partial charge in [-0.15, -0.1) is 0 Å². The maximum absolute atomic E-state index is 12.7. The van der Waals surface area contributed by atoms with Crippen molar-refractivity contribution in [2.75, 3.05) is 13.7 Å². The second-order valence-electron chi connectivity index (χ2n) is 10.4. The van der Waals surface area contributed by atoms with Crippen molar-refractivity contribution >= 4 is 5.91 Å². The van der Waals surface area contributed by atoms with E-state index in [2.05, 4.69) is 33.0 Å². The lowest BCUT2D eigenvalue weighted by Crippen LogP contribution is -2.59. The Kier molecular flexibility index (Phi) is 5.09. The molecular weight excluding hydrogens is 366 g/mol. The van der Waals surface area contributed by atoms with Crippen LogP contribution in [-0.2, 0) is 9.53 Å². The molecule has 1 amide bonds. The van der Waals surface area contributed by atoms with Crippen LogP contribution in [0.1, 0.15) is 65.0 Å². The van der Waals surface area contributed by atoms with Crippen molar-refractivity contribution in [2.45, 2.75) is 65.5 Å². The zero-order valence-corrected chi connectivity index (χ0v) is 18.3. The van der Waals surface area contributed by atoms with Crippen molar-refractivity contribution in [3.63, 3.8) is 0 Å². The van der Waals surface area contributed by atoms with Crippen molar-refractivity contribution in [1.82, 2.24) is 5.32 Å². The third kappa shape index (κ3) is 3.22. The lowest BCUT2D eigenvalue weighted by molar-refractivity contribution is -0.137. The number of carbonyl (C=O) groups is 1. The van der Waals surface area contributed by atoms with Crippen LogP contribution >= 0.6 is 0 Å². The molecule has 2 bridgehead atoms. The molecule has 1 aromatic carbocycles. The third-order valence-corrected chi connectivity index (χ3v) is 7.94. The maximum atomic E-state index is 12.7. The molecule has 1 saturated heterocycles. The van der Waals surface area contributed by atoms with Crippen molar-refractivity contribution in [3.05, 3.63) is 23.8 Å². The highest BCUT2D eigenvalue weighted by Gasteiger charge is 2.68. The van der Waals surface area contributed by atoms with Crippen LogP contribution in [-0.4, -0.2) is 30.8 Å². The first-order valence-electron chi connectivity index (χ1n) is 11.0. The summed E-state index contributed by atoms with van der Waals surface area (Å²) >= 11 is 0. The van der Waals surface area contributed by atoms with Gasteiger partial charge in [0.25, 0.3) is 0 Å². The van der Waals surface area contributed by atoms with E-state index in [0.717, 1.165) is 24.8 Å². The van der Waals surface area contributed by atoms with Gasteiger partial charge in [0, 0.05) is 19.1 Å². The molecular formula is C24H35NO4. The first-order chi connectivity index (χ1) is 13.7. The largest absolute Gasteiger partial charge is 0.504 e. The Balaban J connectivity index is 1.64. The van der Waals surface area contributed by atoms with Crippen LogP contribution < -0.4 is 10.1 Å². The Hall–Kier alpha value is -1.75. The first-order valence-corrected chi connectivity index (χ1v) is 11.0. The average molecular weight is 402 g/mol. The fraction of sp³-hybridized carbons (Fsp3) is 0.708. The zero-order valence-electron chi connectivity index (χ0n) is 18.3. The summed E-state index contributed by atoms with van der Waals surface area (Å²) in [6.45, 7) is 9.52. The van der Waals surface area contributed by atoms with E-state index in [9.17, 15) is 9.90 Å². The number of benzene rings is 1. The van der Waals surface area contributed by atoms with E-state index < -0.39 is 0 Å². The molecule has 2 N–H and O–H groups in total. The Morgan fingerprint density at radius 3 is 2.79 bits per heavy atom. The molecule has 1 spiro atoms. The Morgan fingerprint density at radius 1 is 1.38 bits per heavy atom. The number of ether oxygens (including phenoxy) is 2. The summed E-state index contributed by atoms with van der Waals surface area (Å²) in [6, 6.07) is 5.77. The van der Waals surface area contributed by atoms with Crippen LogP contribution in [0.25, 0.3) is 0 Å². The van der Waals surface area contributed by atoms with Gasteiger partial charge in [0.2, 0.25) is 5.91 Å². The predicted octanol–water partition coefficient (Wildman–Crippen LogP) is 4.45. The molecule has 1 aromatic rings. The fourth-order valence-electron chi connectivity index (χ4n) is 6.59. The second kappa shape index (κ2) is 7.19. The van der Waals surface area contributed by atoms with Gasteiger partial charge >= 0.3 is 0 Å². The van der Waals surface area contributed by atoms with Crippen LogP contribution in [0.15, 0.2) is 18.2 Å². The number of carbonyl (C=O) groups excluding carboxylic acids is 1. The summed E-state index contributed by atoms with van der Waals surface area (Å²) in [7, 11) is 1.56. The molecule has 1 aliphatic heterocycles. The highest BCUT2D eigenvalue weighted by atomic mass is 16.5. The van der Waals surface area contributed by atoms with Crippen LogP contribution in [0.5, 0.6) is 11.5 Å². The minimum absolute atomic E-state index is 0.0499. The molecule has 5 heteroatoms. The topological polar surface area (TPSA) is 67.8 Å². The Bertz CT molecular complexity index is 789. The number of methoxy groups -OCH3 is 1. The van der Waals surface area contributed by atoms with E-state index in [4.69, 9.17) is 9.47 Å². The molecule has 3 fully saturated rings. The maximum Gasteiger partial charge on any atom is 0.220 e.